The number of carbonyl (C=O) groups is 2. The van der Waals surface area contributed by atoms with E-state index in [2.05, 4.69) is 5.32 Å². The van der Waals surface area contributed by atoms with Crippen LogP contribution in [0.5, 0.6) is 0 Å². The predicted molar refractivity (Wildman–Crippen MR) is 91.9 cm³/mol. The molecule has 1 N–H and O–H groups in total. The maximum atomic E-state index is 14.3. The van der Waals surface area contributed by atoms with E-state index in [1.807, 2.05) is 4.90 Å². The summed E-state index contributed by atoms with van der Waals surface area (Å²) in [6.07, 6.45) is 0.202. The van der Waals surface area contributed by atoms with Crippen molar-refractivity contribution in [2.75, 3.05) is 18.0 Å². The zero-order valence-electron chi connectivity index (χ0n) is 15.1. The summed E-state index contributed by atoms with van der Waals surface area (Å²) in [7, 11) is 0. The minimum Gasteiger partial charge on any atom is -0.461 e. The number of para-hydroxylation sites is 1. The molecule has 1 amide bonds. The van der Waals surface area contributed by atoms with Crippen LogP contribution in [0, 0.1) is 5.82 Å². The highest BCUT2D eigenvalue weighted by atomic mass is 19.1. The molecule has 0 bridgehead atoms. The fraction of sp³-hybridized carbons (Fsp3) is 0.556. The molecule has 0 aromatic heterocycles. The van der Waals surface area contributed by atoms with Gasteiger partial charge in [-0.3, -0.25) is 4.79 Å². The number of anilines is 1. The molecule has 1 aliphatic heterocycles. The molecule has 1 atom stereocenters. The Morgan fingerprint density at radius 2 is 2.08 bits per heavy atom. The third-order valence-electron chi connectivity index (χ3n) is 3.73. The second-order valence-electron chi connectivity index (χ2n) is 7.11. The van der Waals surface area contributed by atoms with E-state index in [0.29, 0.717) is 30.8 Å². The number of nitrogens with one attached hydrogen (secondary N) is 1. The largest absolute Gasteiger partial charge is 0.461 e. The minimum absolute atomic E-state index is 0.0170. The number of alkyl carbamates (subject to hydrolysis) is 1. The lowest BCUT2D eigenvalue weighted by Gasteiger charge is -2.24. The van der Waals surface area contributed by atoms with Crippen LogP contribution in [0.2, 0.25) is 0 Å². The van der Waals surface area contributed by atoms with Crippen LogP contribution in [0.4, 0.5) is 14.9 Å². The molecule has 1 aromatic rings. The van der Waals surface area contributed by atoms with Gasteiger partial charge in [0.05, 0.1) is 11.7 Å². The van der Waals surface area contributed by atoms with Crippen molar-refractivity contribution in [3.63, 3.8) is 0 Å². The second-order valence-corrected chi connectivity index (χ2v) is 7.11. The van der Waals surface area contributed by atoms with Crippen molar-refractivity contribution in [1.82, 2.24) is 5.32 Å². The summed E-state index contributed by atoms with van der Waals surface area (Å²) in [4.78, 5) is 24.8. The van der Waals surface area contributed by atoms with Gasteiger partial charge in [0.25, 0.3) is 0 Å². The topological polar surface area (TPSA) is 67.9 Å². The lowest BCUT2D eigenvalue weighted by molar-refractivity contribution is -0.142. The van der Waals surface area contributed by atoms with Crippen molar-refractivity contribution in [2.45, 2.75) is 52.4 Å². The van der Waals surface area contributed by atoms with Gasteiger partial charge in [0.2, 0.25) is 0 Å². The molecule has 0 unspecified atom stereocenters. The first kappa shape index (κ1) is 19.0. The third kappa shape index (κ3) is 5.62. The highest BCUT2D eigenvalue weighted by Gasteiger charge is 2.29. The van der Waals surface area contributed by atoms with Gasteiger partial charge in [0.15, 0.2) is 0 Å². The molecule has 1 aliphatic rings. The van der Waals surface area contributed by atoms with Crippen molar-refractivity contribution in [2.24, 2.45) is 0 Å². The summed E-state index contributed by atoms with van der Waals surface area (Å²) in [5.41, 5.74) is 0.454. The maximum Gasteiger partial charge on any atom is 0.407 e. The SMILES string of the molecule is CC(=O)OCc1cccc(F)c1N1CC[C@@H](NC(=O)OC(C)(C)C)C1. The lowest BCUT2D eigenvalue weighted by Crippen LogP contribution is -2.40. The van der Waals surface area contributed by atoms with Crippen LogP contribution >= 0.6 is 0 Å². The molecule has 1 saturated heterocycles. The van der Waals surface area contributed by atoms with E-state index in [4.69, 9.17) is 9.47 Å². The first-order chi connectivity index (χ1) is 11.7. The standard InChI is InChI=1S/C18H25FN2O4/c1-12(22)24-11-13-6-5-7-15(19)16(13)21-9-8-14(10-21)20-17(23)25-18(2,3)4/h5-7,14H,8-11H2,1-4H3,(H,20,23)/t14-/m1/s1. The fourth-order valence-electron chi connectivity index (χ4n) is 2.77. The van der Waals surface area contributed by atoms with Gasteiger partial charge in [0.1, 0.15) is 18.0 Å². The normalized spacial score (nSPS) is 17.3. The number of hydrogen-bond acceptors (Lipinski definition) is 5. The Balaban J connectivity index is 2.04. The number of ether oxygens (including phenoxy) is 2. The van der Waals surface area contributed by atoms with Crippen LogP contribution in [0.3, 0.4) is 0 Å². The quantitative estimate of drug-likeness (QED) is 0.844. The van der Waals surface area contributed by atoms with E-state index in [9.17, 15) is 14.0 Å². The molecule has 1 aromatic carbocycles. The molecule has 0 saturated carbocycles. The smallest absolute Gasteiger partial charge is 0.407 e. The third-order valence-corrected chi connectivity index (χ3v) is 3.73. The van der Waals surface area contributed by atoms with Gasteiger partial charge in [-0.15, -0.1) is 0 Å². The number of benzene rings is 1. The number of rotatable bonds is 4. The molecule has 1 heterocycles. The number of hydrogen-bond donors (Lipinski definition) is 1. The molecule has 6 nitrogen and oxygen atoms in total. The number of esters is 1. The summed E-state index contributed by atoms with van der Waals surface area (Å²) in [5.74, 6) is -0.788. The van der Waals surface area contributed by atoms with Gasteiger partial charge < -0.3 is 19.7 Å². The highest BCUT2D eigenvalue weighted by Crippen LogP contribution is 2.28. The van der Waals surface area contributed by atoms with E-state index in [-0.39, 0.29) is 18.5 Å². The Bertz CT molecular complexity index is 642. The van der Waals surface area contributed by atoms with Gasteiger partial charge in [0, 0.05) is 25.6 Å². The number of nitrogens with zero attached hydrogens (tertiary/aromatic N) is 1. The number of halogens is 1. The Kier molecular flexibility index (Phi) is 5.87. The van der Waals surface area contributed by atoms with Crippen LogP contribution in [0.25, 0.3) is 0 Å². The zero-order valence-corrected chi connectivity index (χ0v) is 15.1. The maximum absolute atomic E-state index is 14.3. The molecular weight excluding hydrogens is 327 g/mol. The monoisotopic (exact) mass is 352 g/mol. The van der Waals surface area contributed by atoms with Gasteiger partial charge in [-0.25, -0.2) is 9.18 Å². The van der Waals surface area contributed by atoms with E-state index in [0.717, 1.165) is 0 Å². The van der Waals surface area contributed by atoms with Crippen LogP contribution < -0.4 is 10.2 Å². The van der Waals surface area contributed by atoms with E-state index < -0.39 is 17.7 Å². The average molecular weight is 352 g/mol. The molecular formula is C18H25FN2O4. The van der Waals surface area contributed by atoms with Gasteiger partial charge >= 0.3 is 12.1 Å². The number of carbonyl (C=O) groups excluding carboxylic acids is 2. The Morgan fingerprint density at radius 1 is 1.36 bits per heavy atom. The van der Waals surface area contributed by atoms with Crippen molar-refractivity contribution >= 4 is 17.7 Å². The Morgan fingerprint density at radius 3 is 2.72 bits per heavy atom. The fourth-order valence-corrected chi connectivity index (χ4v) is 2.77. The average Bonchev–Trinajstić information content (AvgIpc) is 2.90. The molecule has 7 heteroatoms. The van der Waals surface area contributed by atoms with Gasteiger partial charge in [-0.2, -0.15) is 0 Å². The lowest BCUT2D eigenvalue weighted by atomic mass is 10.1. The molecule has 138 valence electrons. The molecule has 1 fully saturated rings. The summed E-state index contributed by atoms with van der Waals surface area (Å²) in [6, 6.07) is 4.57. The van der Waals surface area contributed by atoms with Crippen molar-refractivity contribution in [3.8, 4) is 0 Å². The van der Waals surface area contributed by atoms with E-state index in [1.165, 1.54) is 13.0 Å². The minimum atomic E-state index is -0.564. The van der Waals surface area contributed by atoms with Gasteiger partial charge in [-0.1, -0.05) is 12.1 Å². The van der Waals surface area contributed by atoms with Crippen molar-refractivity contribution in [3.05, 3.63) is 29.6 Å². The van der Waals surface area contributed by atoms with Crippen LogP contribution in [0.1, 0.15) is 39.7 Å². The van der Waals surface area contributed by atoms with E-state index in [1.54, 1.807) is 32.9 Å². The Hall–Kier alpha value is -2.31. The Labute approximate surface area is 147 Å². The number of amides is 1. The van der Waals surface area contributed by atoms with Crippen LogP contribution in [-0.2, 0) is 20.9 Å². The molecule has 0 radical (unpaired) electrons. The summed E-state index contributed by atoms with van der Waals surface area (Å²) >= 11 is 0. The zero-order chi connectivity index (χ0) is 18.6. The molecule has 0 aliphatic carbocycles. The molecule has 25 heavy (non-hydrogen) atoms. The predicted octanol–water partition coefficient (Wildman–Crippen LogP) is 2.99. The summed E-state index contributed by atoms with van der Waals surface area (Å²) in [6.45, 7) is 7.79. The molecule has 2 rings (SSSR count). The second kappa shape index (κ2) is 7.72. The van der Waals surface area contributed by atoms with Crippen LogP contribution in [0.15, 0.2) is 18.2 Å². The summed E-state index contributed by atoms with van der Waals surface area (Å²) < 4.78 is 24.6. The van der Waals surface area contributed by atoms with Crippen LogP contribution in [-0.4, -0.2) is 36.8 Å². The van der Waals surface area contributed by atoms with Gasteiger partial charge in [-0.05, 0) is 33.3 Å². The first-order valence-corrected chi connectivity index (χ1v) is 8.31. The van der Waals surface area contributed by atoms with E-state index >= 15 is 0 Å². The summed E-state index contributed by atoms with van der Waals surface area (Å²) in [5, 5.41) is 2.81. The van der Waals surface area contributed by atoms with Crippen molar-refractivity contribution in [1.29, 1.82) is 0 Å². The first-order valence-electron chi connectivity index (χ1n) is 8.31. The van der Waals surface area contributed by atoms with Crippen molar-refractivity contribution < 1.29 is 23.5 Å². The molecule has 0 spiro atoms. The highest BCUT2D eigenvalue weighted by molar-refractivity contribution is 5.69.